The maximum atomic E-state index is 11.7. The highest BCUT2D eigenvalue weighted by atomic mass is 16.3. The van der Waals surface area contributed by atoms with Crippen molar-refractivity contribution in [1.82, 2.24) is 5.43 Å². The molecule has 0 fully saturated rings. The fourth-order valence-electron chi connectivity index (χ4n) is 1.52. The SMILES string of the molecule is Cc1ccoc1/C=N\NC(=O)[C@@H](O)c1ccccc1. The average Bonchev–Trinajstić information content (AvgIpc) is 2.84. The number of nitrogens with zero attached hydrogens (tertiary/aromatic N) is 1. The molecule has 1 aromatic carbocycles. The Labute approximate surface area is 110 Å². The number of rotatable bonds is 4. The predicted octanol–water partition coefficient (Wildman–Crippen LogP) is 1.77. The van der Waals surface area contributed by atoms with E-state index in [1.165, 1.54) is 12.5 Å². The van der Waals surface area contributed by atoms with Crippen molar-refractivity contribution in [3.63, 3.8) is 0 Å². The van der Waals surface area contributed by atoms with Crippen molar-refractivity contribution in [3.05, 3.63) is 59.5 Å². The molecule has 1 amide bonds. The number of carbonyl (C=O) groups is 1. The Hall–Kier alpha value is -2.40. The molecule has 2 rings (SSSR count). The van der Waals surface area contributed by atoms with Gasteiger partial charge in [-0.25, -0.2) is 5.43 Å². The predicted molar refractivity (Wildman–Crippen MR) is 70.6 cm³/mol. The van der Waals surface area contributed by atoms with Crippen molar-refractivity contribution < 1.29 is 14.3 Å². The number of hydrogen-bond donors (Lipinski definition) is 2. The van der Waals surface area contributed by atoms with Gasteiger partial charge in [0.1, 0.15) is 5.76 Å². The largest absolute Gasteiger partial charge is 0.463 e. The molecule has 2 N–H and O–H groups in total. The van der Waals surface area contributed by atoms with Crippen LogP contribution in [0, 0.1) is 6.92 Å². The molecule has 0 saturated carbocycles. The van der Waals surface area contributed by atoms with Crippen molar-refractivity contribution in [2.24, 2.45) is 5.10 Å². The van der Waals surface area contributed by atoms with Crippen molar-refractivity contribution in [2.45, 2.75) is 13.0 Å². The molecule has 0 saturated heterocycles. The molecule has 0 aliphatic heterocycles. The second-order valence-corrected chi connectivity index (χ2v) is 4.02. The minimum atomic E-state index is -1.24. The molecule has 5 nitrogen and oxygen atoms in total. The van der Waals surface area contributed by atoms with Gasteiger partial charge in [-0.15, -0.1) is 0 Å². The minimum Gasteiger partial charge on any atom is -0.463 e. The summed E-state index contributed by atoms with van der Waals surface area (Å²) in [6.07, 6.45) is 1.69. The topological polar surface area (TPSA) is 74.8 Å². The Balaban J connectivity index is 1.95. The van der Waals surface area contributed by atoms with E-state index in [1.807, 2.05) is 13.0 Å². The molecule has 0 unspecified atom stereocenters. The zero-order valence-electron chi connectivity index (χ0n) is 10.4. The molecule has 1 aromatic heterocycles. The molecule has 0 aliphatic carbocycles. The van der Waals surface area contributed by atoms with E-state index in [0.29, 0.717) is 11.3 Å². The summed E-state index contributed by atoms with van der Waals surface area (Å²) in [6.45, 7) is 1.87. The third-order valence-corrected chi connectivity index (χ3v) is 2.62. The van der Waals surface area contributed by atoms with Gasteiger partial charge in [0.25, 0.3) is 5.91 Å². The van der Waals surface area contributed by atoms with E-state index in [2.05, 4.69) is 10.5 Å². The van der Waals surface area contributed by atoms with Crippen LogP contribution in [0.5, 0.6) is 0 Å². The Kier molecular flexibility index (Phi) is 4.10. The molecular weight excluding hydrogens is 244 g/mol. The summed E-state index contributed by atoms with van der Waals surface area (Å²) in [6, 6.07) is 10.5. The van der Waals surface area contributed by atoms with Crippen LogP contribution in [-0.4, -0.2) is 17.2 Å². The first-order valence-electron chi connectivity index (χ1n) is 5.78. The van der Waals surface area contributed by atoms with E-state index >= 15 is 0 Å². The van der Waals surface area contributed by atoms with Gasteiger partial charge in [-0.2, -0.15) is 5.10 Å². The summed E-state index contributed by atoms with van der Waals surface area (Å²) in [5.74, 6) is -0.0267. The van der Waals surface area contributed by atoms with Crippen LogP contribution in [0.2, 0.25) is 0 Å². The smallest absolute Gasteiger partial charge is 0.273 e. The molecule has 5 heteroatoms. The fraction of sp³-hybridized carbons (Fsp3) is 0.143. The summed E-state index contributed by atoms with van der Waals surface area (Å²) >= 11 is 0. The Morgan fingerprint density at radius 1 is 1.37 bits per heavy atom. The van der Waals surface area contributed by atoms with Crippen molar-refractivity contribution >= 4 is 12.1 Å². The van der Waals surface area contributed by atoms with Gasteiger partial charge in [-0.1, -0.05) is 30.3 Å². The van der Waals surface area contributed by atoms with Crippen LogP contribution in [0.4, 0.5) is 0 Å². The third-order valence-electron chi connectivity index (χ3n) is 2.62. The van der Waals surface area contributed by atoms with Gasteiger partial charge >= 0.3 is 0 Å². The first kappa shape index (κ1) is 13.0. The number of furan rings is 1. The Bertz CT molecular complexity index is 575. The van der Waals surface area contributed by atoms with Crippen molar-refractivity contribution in [2.75, 3.05) is 0 Å². The number of aliphatic hydroxyl groups is 1. The summed E-state index contributed by atoms with van der Waals surface area (Å²) in [4.78, 5) is 11.7. The van der Waals surface area contributed by atoms with E-state index in [9.17, 15) is 9.90 Å². The summed E-state index contributed by atoms with van der Waals surface area (Å²) in [5, 5.41) is 13.5. The van der Waals surface area contributed by atoms with Crippen LogP contribution in [0.15, 0.2) is 52.2 Å². The number of carbonyl (C=O) groups excluding carboxylic acids is 1. The lowest BCUT2D eigenvalue weighted by molar-refractivity contribution is -0.129. The number of amides is 1. The van der Waals surface area contributed by atoms with Gasteiger partial charge in [-0.05, 0) is 24.1 Å². The highest BCUT2D eigenvalue weighted by Gasteiger charge is 2.15. The van der Waals surface area contributed by atoms with Gasteiger partial charge in [0, 0.05) is 0 Å². The average molecular weight is 258 g/mol. The lowest BCUT2D eigenvalue weighted by atomic mass is 10.1. The zero-order valence-corrected chi connectivity index (χ0v) is 10.4. The molecule has 0 aliphatic rings. The van der Waals surface area contributed by atoms with Gasteiger partial charge < -0.3 is 9.52 Å². The maximum Gasteiger partial charge on any atom is 0.273 e. The van der Waals surface area contributed by atoms with Crippen LogP contribution in [0.1, 0.15) is 23.0 Å². The molecule has 2 aromatic rings. The third kappa shape index (κ3) is 3.29. The summed E-state index contributed by atoms with van der Waals surface area (Å²) in [5.41, 5.74) is 3.70. The molecular formula is C14H14N2O3. The van der Waals surface area contributed by atoms with E-state index in [-0.39, 0.29) is 0 Å². The highest BCUT2D eigenvalue weighted by Crippen LogP contribution is 2.11. The quantitative estimate of drug-likeness (QED) is 0.648. The van der Waals surface area contributed by atoms with Gasteiger partial charge in [0.15, 0.2) is 6.10 Å². The highest BCUT2D eigenvalue weighted by molar-refractivity contribution is 5.84. The molecule has 1 heterocycles. The minimum absolute atomic E-state index is 0.518. The van der Waals surface area contributed by atoms with Crippen molar-refractivity contribution in [3.8, 4) is 0 Å². The second kappa shape index (κ2) is 5.97. The lowest BCUT2D eigenvalue weighted by Gasteiger charge is -2.08. The standard InChI is InChI=1S/C14H14N2O3/c1-10-7-8-19-12(10)9-15-16-14(18)13(17)11-5-3-2-4-6-11/h2-9,13,17H,1H3,(H,16,18)/b15-9-/t13-/m0/s1. The number of aliphatic hydroxyl groups excluding tert-OH is 1. The number of hydrazone groups is 1. The Morgan fingerprint density at radius 2 is 2.11 bits per heavy atom. The number of hydrogen-bond acceptors (Lipinski definition) is 4. The fourth-order valence-corrected chi connectivity index (χ4v) is 1.52. The Morgan fingerprint density at radius 3 is 2.74 bits per heavy atom. The lowest BCUT2D eigenvalue weighted by Crippen LogP contribution is -2.25. The number of nitrogens with one attached hydrogen (secondary N) is 1. The van der Waals surface area contributed by atoms with Crippen LogP contribution >= 0.6 is 0 Å². The van der Waals surface area contributed by atoms with E-state index in [0.717, 1.165) is 5.56 Å². The van der Waals surface area contributed by atoms with Gasteiger partial charge in [0.2, 0.25) is 0 Å². The number of aryl methyl sites for hydroxylation is 1. The molecule has 1 atom stereocenters. The maximum absolute atomic E-state index is 11.7. The van der Waals surface area contributed by atoms with Gasteiger partial charge in [-0.3, -0.25) is 4.79 Å². The first-order chi connectivity index (χ1) is 9.18. The first-order valence-corrected chi connectivity index (χ1v) is 5.78. The monoisotopic (exact) mass is 258 g/mol. The van der Waals surface area contributed by atoms with Crippen LogP contribution < -0.4 is 5.43 Å². The van der Waals surface area contributed by atoms with Crippen LogP contribution in [0.25, 0.3) is 0 Å². The molecule has 0 radical (unpaired) electrons. The van der Waals surface area contributed by atoms with Crippen molar-refractivity contribution in [1.29, 1.82) is 0 Å². The number of benzene rings is 1. The normalized spacial score (nSPS) is 12.5. The molecule has 98 valence electrons. The van der Waals surface area contributed by atoms with E-state index < -0.39 is 12.0 Å². The van der Waals surface area contributed by atoms with E-state index in [4.69, 9.17) is 4.42 Å². The van der Waals surface area contributed by atoms with Crippen LogP contribution in [0.3, 0.4) is 0 Å². The van der Waals surface area contributed by atoms with Crippen LogP contribution in [-0.2, 0) is 4.79 Å². The molecule has 0 bridgehead atoms. The summed E-state index contributed by atoms with van der Waals surface area (Å²) in [7, 11) is 0. The zero-order chi connectivity index (χ0) is 13.7. The molecule has 0 spiro atoms. The van der Waals surface area contributed by atoms with E-state index in [1.54, 1.807) is 30.3 Å². The second-order valence-electron chi connectivity index (χ2n) is 4.02. The summed E-state index contributed by atoms with van der Waals surface area (Å²) < 4.78 is 5.13. The molecule has 19 heavy (non-hydrogen) atoms. The van der Waals surface area contributed by atoms with Gasteiger partial charge in [0.05, 0.1) is 12.5 Å².